The van der Waals surface area contributed by atoms with Crippen LogP contribution in [0, 0.1) is 5.92 Å². The van der Waals surface area contributed by atoms with E-state index < -0.39 is 11.5 Å². The lowest BCUT2D eigenvalue weighted by Gasteiger charge is -2.36. The van der Waals surface area contributed by atoms with Gasteiger partial charge in [-0.3, -0.25) is 4.79 Å². The van der Waals surface area contributed by atoms with Crippen LogP contribution in [0.1, 0.15) is 38.3 Å². The van der Waals surface area contributed by atoms with Gasteiger partial charge in [0.15, 0.2) is 0 Å². The van der Waals surface area contributed by atoms with Gasteiger partial charge in [0.1, 0.15) is 16.8 Å². The van der Waals surface area contributed by atoms with E-state index >= 15 is 0 Å². The summed E-state index contributed by atoms with van der Waals surface area (Å²) in [6.07, 6.45) is 5.84. The van der Waals surface area contributed by atoms with Crippen molar-refractivity contribution in [1.29, 1.82) is 0 Å². The van der Waals surface area contributed by atoms with Crippen molar-refractivity contribution in [1.82, 2.24) is 10.3 Å². The second kappa shape index (κ2) is 6.76. The number of thiazole rings is 1. The van der Waals surface area contributed by atoms with Crippen LogP contribution in [0.2, 0.25) is 0 Å². The van der Waals surface area contributed by atoms with Crippen molar-refractivity contribution < 1.29 is 19.1 Å². The molecule has 3 rings (SSSR count). The molecule has 7 heteroatoms. The van der Waals surface area contributed by atoms with Gasteiger partial charge in [0, 0.05) is 10.9 Å². The lowest BCUT2D eigenvalue weighted by atomic mass is 9.77. The Hall–Kier alpha value is -2.15. The molecule has 0 saturated heterocycles. The zero-order valence-corrected chi connectivity index (χ0v) is 14.3. The number of aliphatic carboxylic acids is 1. The minimum Gasteiger partial charge on any atom is -0.480 e. The van der Waals surface area contributed by atoms with Crippen molar-refractivity contribution in [2.24, 2.45) is 5.92 Å². The maximum Gasteiger partial charge on any atom is 0.329 e. The highest BCUT2D eigenvalue weighted by atomic mass is 32.1. The van der Waals surface area contributed by atoms with Crippen LogP contribution in [0.4, 0.5) is 0 Å². The smallest absolute Gasteiger partial charge is 0.329 e. The fourth-order valence-corrected chi connectivity index (χ4v) is 3.84. The number of hydrogen-bond acceptors (Lipinski definition) is 5. The van der Waals surface area contributed by atoms with Crippen LogP contribution in [0.25, 0.3) is 10.6 Å². The number of aromatic nitrogens is 1. The van der Waals surface area contributed by atoms with Crippen LogP contribution in [-0.4, -0.2) is 27.5 Å². The molecule has 0 bridgehead atoms. The number of amides is 1. The molecule has 0 aromatic carbocycles. The van der Waals surface area contributed by atoms with Gasteiger partial charge in [-0.25, -0.2) is 9.78 Å². The lowest BCUT2D eigenvalue weighted by Crippen LogP contribution is -2.56. The second-order valence-electron chi connectivity index (χ2n) is 6.45. The third-order valence-electron chi connectivity index (χ3n) is 4.58. The van der Waals surface area contributed by atoms with Gasteiger partial charge >= 0.3 is 5.97 Å². The van der Waals surface area contributed by atoms with Crippen molar-refractivity contribution in [3.8, 4) is 10.6 Å². The van der Waals surface area contributed by atoms with Crippen LogP contribution >= 0.6 is 11.3 Å². The molecule has 6 nitrogen and oxygen atoms in total. The molecule has 1 saturated carbocycles. The van der Waals surface area contributed by atoms with Crippen molar-refractivity contribution >= 4 is 23.2 Å². The second-order valence-corrected chi connectivity index (χ2v) is 7.31. The number of rotatable bonds is 5. The summed E-state index contributed by atoms with van der Waals surface area (Å²) in [6.45, 7) is 2.11. The summed E-state index contributed by atoms with van der Waals surface area (Å²) in [6, 6.07) is 1.81. The quantitative estimate of drug-likeness (QED) is 0.866. The average Bonchev–Trinajstić information content (AvgIpc) is 3.20. The topological polar surface area (TPSA) is 92.4 Å². The first-order valence-electron chi connectivity index (χ1n) is 8.00. The van der Waals surface area contributed by atoms with E-state index in [1.165, 1.54) is 11.3 Å². The van der Waals surface area contributed by atoms with Crippen molar-refractivity contribution in [2.75, 3.05) is 0 Å². The number of nitrogens with one attached hydrogen (secondary N) is 1. The summed E-state index contributed by atoms with van der Waals surface area (Å²) in [5.74, 6) is -0.735. The molecule has 1 aliphatic carbocycles. The lowest BCUT2D eigenvalue weighted by molar-refractivity contribution is -0.149. The maximum absolute atomic E-state index is 12.3. The summed E-state index contributed by atoms with van der Waals surface area (Å²) < 4.78 is 5.03. The fourth-order valence-electron chi connectivity index (χ4n) is 3.03. The normalized spacial score (nSPS) is 23.8. The summed E-state index contributed by atoms with van der Waals surface area (Å²) >= 11 is 1.43. The SMILES string of the molecule is CC1CCC(NC(=O)Cc2csc(-c3ccoc3)n2)(C(=O)O)CC1. The molecule has 1 fully saturated rings. The Morgan fingerprint density at radius 1 is 1.46 bits per heavy atom. The molecule has 1 aliphatic rings. The third-order valence-corrected chi connectivity index (χ3v) is 5.52. The van der Waals surface area contributed by atoms with Gasteiger partial charge in [0.25, 0.3) is 0 Å². The summed E-state index contributed by atoms with van der Waals surface area (Å²) in [5.41, 5.74) is 0.376. The molecule has 128 valence electrons. The standard InChI is InChI=1S/C17H20N2O4S/c1-11-2-5-17(6-3-11,16(21)22)19-14(20)8-13-10-24-15(18-13)12-4-7-23-9-12/h4,7,9-11H,2-3,5-6,8H2,1H3,(H,19,20)(H,21,22). The Kier molecular flexibility index (Phi) is 4.71. The van der Waals surface area contributed by atoms with Crippen molar-refractivity contribution in [3.63, 3.8) is 0 Å². The van der Waals surface area contributed by atoms with E-state index in [9.17, 15) is 14.7 Å². The molecule has 2 N–H and O–H groups in total. The Bertz CT molecular complexity index is 715. The van der Waals surface area contributed by atoms with Gasteiger partial charge in [-0.15, -0.1) is 11.3 Å². The van der Waals surface area contributed by atoms with Crippen LogP contribution < -0.4 is 5.32 Å². The van der Waals surface area contributed by atoms with Crippen LogP contribution in [0.15, 0.2) is 28.4 Å². The Morgan fingerprint density at radius 2 is 2.21 bits per heavy atom. The van der Waals surface area contributed by atoms with Gasteiger partial charge in [-0.2, -0.15) is 0 Å². The van der Waals surface area contributed by atoms with Crippen molar-refractivity contribution in [2.45, 2.75) is 44.6 Å². The van der Waals surface area contributed by atoms with E-state index in [2.05, 4.69) is 17.2 Å². The summed E-state index contributed by atoms with van der Waals surface area (Å²) in [7, 11) is 0. The predicted molar refractivity (Wildman–Crippen MR) is 89.7 cm³/mol. The third kappa shape index (κ3) is 3.51. The zero-order valence-electron chi connectivity index (χ0n) is 13.4. The number of nitrogens with zero attached hydrogens (tertiary/aromatic N) is 1. The molecule has 0 unspecified atom stereocenters. The zero-order chi connectivity index (χ0) is 17.2. The van der Waals surface area contributed by atoms with Gasteiger partial charge in [-0.05, 0) is 37.7 Å². The number of carbonyl (C=O) groups is 2. The van der Waals surface area contributed by atoms with Crippen LogP contribution in [0.3, 0.4) is 0 Å². The highest BCUT2D eigenvalue weighted by Gasteiger charge is 2.42. The van der Waals surface area contributed by atoms with E-state index in [1.54, 1.807) is 12.5 Å². The molecule has 0 atom stereocenters. The molecular weight excluding hydrogens is 328 g/mol. The first-order chi connectivity index (χ1) is 11.5. The highest BCUT2D eigenvalue weighted by Crippen LogP contribution is 2.32. The molecular formula is C17H20N2O4S. The highest BCUT2D eigenvalue weighted by molar-refractivity contribution is 7.13. The largest absolute Gasteiger partial charge is 0.480 e. The van der Waals surface area contributed by atoms with E-state index in [0.717, 1.165) is 23.4 Å². The number of hydrogen-bond donors (Lipinski definition) is 2. The van der Waals surface area contributed by atoms with E-state index in [1.807, 2.05) is 11.4 Å². The molecule has 24 heavy (non-hydrogen) atoms. The minimum atomic E-state index is -1.13. The Balaban J connectivity index is 1.65. The minimum absolute atomic E-state index is 0.0823. The fraction of sp³-hybridized carbons (Fsp3) is 0.471. The Labute approximate surface area is 143 Å². The van der Waals surface area contributed by atoms with Gasteiger partial charge in [-0.1, -0.05) is 6.92 Å². The molecule has 0 aliphatic heterocycles. The predicted octanol–water partition coefficient (Wildman–Crippen LogP) is 3.10. The van der Waals surface area contributed by atoms with E-state index in [4.69, 9.17) is 4.42 Å². The first kappa shape index (κ1) is 16.7. The molecule has 2 heterocycles. The molecule has 2 aromatic rings. The van der Waals surface area contributed by atoms with Crippen LogP contribution in [0.5, 0.6) is 0 Å². The van der Waals surface area contributed by atoms with Crippen LogP contribution in [-0.2, 0) is 16.0 Å². The molecule has 0 spiro atoms. The number of carbonyl (C=O) groups excluding carboxylic acids is 1. The van der Waals surface area contributed by atoms with E-state index in [-0.39, 0.29) is 12.3 Å². The Morgan fingerprint density at radius 3 is 2.83 bits per heavy atom. The number of furan rings is 1. The van der Waals surface area contributed by atoms with Crippen molar-refractivity contribution in [3.05, 3.63) is 29.7 Å². The van der Waals surface area contributed by atoms with Gasteiger partial charge in [0.05, 0.1) is 18.4 Å². The molecule has 2 aromatic heterocycles. The first-order valence-corrected chi connectivity index (χ1v) is 8.88. The van der Waals surface area contributed by atoms with E-state index in [0.29, 0.717) is 24.5 Å². The molecule has 0 radical (unpaired) electrons. The van der Waals surface area contributed by atoms with Gasteiger partial charge < -0.3 is 14.8 Å². The number of carboxylic acid groups (broad SMARTS) is 1. The van der Waals surface area contributed by atoms with Gasteiger partial charge in [0.2, 0.25) is 5.91 Å². The maximum atomic E-state index is 12.3. The number of carboxylic acids is 1. The molecule has 1 amide bonds. The average molecular weight is 348 g/mol. The summed E-state index contributed by atoms with van der Waals surface area (Å²) in [5, 5.41) is 14.9. The summed E-state index contributed by atoms with van der Waals surface area (Å²) in [4.78, 5) is 28.4. The monoisotopic (exact) mass is 348 g/mol.